The van der Waals surface area contributed by atoms with Gasteiger partial charge in [-0.15, -0.1) is 0 Å². The second kappa shape index (κ2) is 8.67. The van der Waals surface area contributed by atoms with Gasteiger partial charge >= 0.3 is 0 Å². The van der Waals surface area contributed by atoms with Crippen molar-refractivity contribution in [3.05, 3.63) is 40.9 Å². The Morgan fingerprint density at radius 2 is 1.58 bits per heavy atom. The fourth-order valence-corrected chi connectivity index (χ4v) is 2.63. The average Bonchev–Trinajstić information content (AvgIpc) is 2.63. The van der Waals surface area contributed by atoms with E-state index >= 15 is 0 Å². The van der Waals surface area contributed by atoms with Gasteiger partial charge in [-0.2, -0.15) is 0 Å². The van der Waals surface area contributed by atoms with E-state index in [1.807, 2.05) is 13.0 Å². The average molecular weight is 379 g/mol. The zero-order valence-electron chi connectivity index (χ0n) is 15.5. The van der Waals surface area contributed by atoms with Gasteiger partial charge in [-0.25, -0.2) is 0 Å². The standard InChI is InChI=1S/C19H23ClN2O4/c1-11-8-17(25-4)18(26-5)10-14(11)21-12(2)19(23)22-15-9-13(20)6-7-16(15)24-3/h6-10,12,21H,1-5H3,(H,22,23)/t12-/m1/s1. The summed E-state index contributed by atoms with van der Waals surface area (Å²) in [5.41, 5.74) is 2.23. The summed E-state index contributed by atoms with van der Waals surface area (Å²) < 4.78 is 15.8. The van der Waals surface area contributed by atoms with Crippen LogP contribution in [0.1, 0.15) is 12.5 Å². The summed E-state index contributed by atoms with van der Waals surface area (Å²) in [6, 6.07) is 8.20. The quantitative estimate of drug-likeness (QED) is 0.758. The molecule has 0 aliphatic heterocycles. The molecule has 1 amide bonds. The molecule has 7 heteroatoms. The number of anilines is 2. The Labute approximate surface area is 158 Å². The summed E-state index contributed by atoms with van der Waals surface area (Å²) in [5.74, 6) is 1.54. The van der Waals surface area contributed by atoms with Crippen molar-refractivity contribution in [3.63, 3.8) is 0 Å². The van der Waals surface area contributed by atoms with E-state index in [0.29, 0.717) is 28.0 Å². The number of ether oxygens (including phenoxy) is 3. The number of carbonyl (C=O) groups is 1. The first-order chi connectivity index (χ1) is 12.4. The second-order valence-corrected chi connectivity index (χ2v) is 6.16. The third-order valence-electron chi connectivity index (χ3n) is 3.92. The molecule has 0 bridgehead atoms. The second-order valence-electron chi connectivity index (χ2n) is 5.72. The van der Waals surface area contributed by atoms with Gasteiger partial charge in [0.25, 0.3) is 0 Å². The maximum atomic E-state index is 12.6. The molecule has 2 rings (SSSR count). The van der Waals surface area contributed by atoms with Crippen LogP contribution in [0.5, 0.6) is 17.2 Å². The van der Waals surface area contributed by atoms with Gasteiger partial charge in [0.15, 0.2) is 11.5 Å². The Morgan fingerprint density at radius 1 is 0.962 bits per heavy atom. The lowest BCUT2D eigenvalue weighted by Gasteiger charge is -2.19. The maximum Gasteiger partial charge on any atom is 0.246 e. The van der Waals surface area contributed by atoms with Crippen molar-refractivity contribution in [1.29, 1.82) is 0 Å². The first-order valence-electron chi connectivity index (χ1n) is 8.03. The van der Waals surface area contributed by atoms with Gasteiger partial charge in [0.2, 0.25) is 5.91 Å². The predicted octanol–water partition coefficient (Wildman–Crippen LogP) is 4.11. The molecular weight excluding hydrogens is 356 g/mol. The molecule has 0 heterocycles. The third-order valence-corrected chi connectivity index (χ3v) is 4.15. The molecule has 1 atom stereocenters. The molecule has 0 fully saturated rings. The molecule has 0 aromatic heterocycles. The first-order valence-corrected chi connectivity index (χ1v) is 8.41. The van der Waals surface area contributed by atoms with E-state index in [-0.39, 0.29) is 5.91 Å². The summed E-state index contributed by atoms with van der Waals surface area (Å²) in [5, 5.41) is 6.52. The SMILES string of the molecule is COc1ccc(Cl)cc1NC(=O)[C@@H](C)Nc1cc(OC)c(OC)cc1C. The summed E-state index contributed by atoms with van der Waals surface area (Å²) in [4.78, 5) is 12.6. The van der Waals surface area contributed by atoms with Gasteiger partial charge in [-0.1, -0.05) is 11.6 Å². The highest BCUT2D eigenvalue weighted by Crippen LogP contribution is 2.33. The lowest BCUT2D eigenvalue weighted by molar-refractivity contribution is -0.116. The zero-order valence-corrected chi connectivity index (χ0v) is 16.2. The number of rotatable bonds is 7. The van der Waals surface area contributed by atoms with E-state index in [1.54, 1.807) is 45.4 Å². The molecule has 2 aromatic rings. The van der Waals surface area contributed by atoms with Crippen LogP contribution < -0.4 is 24.8 Å². The third kappa shape index (κ3) is 4.52. The van der Waals surface area contributed by atoms with Crippen LogP contribution in [-0.2, 0) is 4.79 Å². The van der Waals surface area contributed by atoms with Crippen molar-refractivity contribution < 1.29 is 19.0 Å². The van der Waals surface area contributed by atoms with Crippen LogP contribution in [0.15, 0.2) is 30.3 Å². The number of hydrogen-bond acceptors (Lipinski definition) is 5. The van der Waals surface area contributed by atoms with Crippen molar-refractivity contribution >= 4 is 28.9 Å². The number of carbonyl (C=O) groups excluding carboxylic acids is 1. The zero-order chi connectivity index (χ0) is 19.3. The number of hydrogen-bond donors (Lipinski definition) is 2. The van der Waals surface area contributed by atoms with Gasteiger partial charge in [0, 0.05) is 16.8 Å². The molecule has 0 saturated heterocycles. The fraction of sp³-hybridized carbons (Fsp3) is 0.316. The topological polar surface area (TPSA) is 68.8 Å². The molecule has 2 N–H and O–H groups in total. The largest absolute Gasteiger partial charge is 0.495 e. The van der Waals surface area contributed by atoms with Crippen molar-refractivity contribution in [2.75, 3.05) is 32.0 Å². The van der Waals surface area contributed by atoms with Gasteiger partial charge in [-0.05, 0) is 43.7 Å². The van der Waals surface area contributed by atoms with E-state index in [9.17, 15) is 4.79 Å². The summed E-state index contributed by atoms with van der Waals surface area (Å²) in [6.07, 6.45) is 0. The number of nitrogens with one attached hydrogen (secondary N) is 2. The van der Waals surface area contributed by atoms with Crippen molar-refractivity contribution in [2.24, 2.45) is 0 Å². The summed E-state index contributed by atoms with van der Waals surface area (Å²) in [6.45, 7) is 3.69. The minimum atomic E-state index is -0.504. The monoisotopic (exact) mass is 378 g/mol. The van der Waals surface area contributed by atoms with Crippen molar-refractivity contribution in [1.82, 2.24) is 0 Å². The molecule has 6 nitrogen and oxygen atoms in total. The van der Waals surface area contributed by atoms with Gasteiger partial charge in [0.05, 0.1) is 27.0 Å². The van der Waals surface area contributed by atoms with Crippen LogP contribution in [0, 0.1) is 6.92 Å². The molecule has 0 unspecified atom stereocenters. The lowest BCUT2D eigenvalue weighted by atomic mass is 10.1. The Hall–Kier alpha value is -2.60. The minimum Gasteiger partial charge on any atom is -0.495 e. The van der Waals surface area contributed by atoms with E-state index in [0.717, 1.165) is 11.3 Å². The molecule has 0 saturated carbocycles. The lowest BCUT2D eigenvalue weighted by Crippen LogP contribution is -2.32. The van der Waals surface area contributed by atoms with Crippen molar-refractivity contribution in [2.45, 2.75) is 19.9 Å². The van der Waals surface area contributed by atoms with Gasteiger partial charge in [-0.3, -0.25) is 4.79 Å². The number of aryl methyl sites for hydroxylation is 1. The fourth-order valence-electron chi connectivity index (χ4n) is 2.45. The molecule has 26 heavy (non-hydrogen) atoms. The molecular formula is C19H23ClN2O4. The van der Waals surface area contributed by atoms with Crippen LogP contribution >= 0.6 is 11.6 Å². The normalized spacial score (nSPS) is 11.5. The van der Waals surface area contributed by atoms with E-state index in [4.69, 9.17) is 25.8 Å². The highest BCUT2D eigenvalue weighted by Gasteiger charge is 2.17. The number of methoxy groups -OCH3 is 3. The summed E-state index contributed by atoms with van der Waals surface area (Å²) >= 11 is 6.00. The summed E-state index contributed by atoms with van der Waals surface area (Å²) in [7, 11) is 4.69. The first kappa shape index (κ1) is 19.7. The Kier molecular flexibility index (Phi) is 6.58. The minimum absolute atomic E-state index is 0.222. The van der Waals surface area contributed by atoms with Crippen LogP contribution in [0.2, 0.25) is 5.02 Å². The number of amides is 1. The molecule has 2 aromatic carbocycles. The molecule has 0 aliphatic carbocycles. The van der Waals surface area contributed by atoms with Gasteiger partial charge in [0.1, 0.15) is 11.8 Å². The Bertz CT molecular complexity index is 795. The Balaban J connectivity index is 2.16. The molecule has 0 spiro atoms. The highest BCUT2D eigenvalue weighted by molar-refractivity contribution is 6.31. The van der Waals surface area contributed by atoms with Crippen LogP contribution in [0.3, 0.4) is 0 Å². The van der Waals surface area contributed by atoms with E-state index < -0.39 is 6.04 Å². The van der Waals surface area contributed by atoms with Crippen molar-refractivity contribution in [3.8, 4) is 17.2 Å². The molecule has 0 radical (unpaired) electrons. The van der Waals surface area contributed by atoms with Crippen LogP contribution in [0.25, 0.3) is 0 Å². The maximum absolute atomic E-state index is 12.6. The van der Waals surface area contributed by atoms with Crippen LogP contribution in [-0.4, -0.2) is 33.3 Å². The smallest absolute Gasteiger partial charge is 0.246 e. The van der Waals surface area contributed by atoms with Crippen LogP contribution in [0.4, 0.5) is 11.4 Å². The highest BCUT2D eigenvalue weighted by atomic mass is 35.5. The Morgan fingerprint density at radius 3 is 2.19 bits per heavy atom. The van der Waals surface area contributed by atoms with E-state index in [2.05, 4.69) is 10.6 Å². The molecule has 140 valence electrons. The predicted molar refractivity (Wildman–Crippen MR) is 104 cm³/mol. The number of halogens is 1. The van der Waals surface area contributed by atoms with E-state index in [1.165, 1.54) is 7.11 Å². The van der Waals surface area contributed by atoms with Gasteiger partial charge < -0.3 is 24.8 Å². The number of benzene rings is 2. The molecule has 0 aliphatic rings.